The largest absolute Gasteiger partial charge is 0.465 e. The first kappa shape index (κ1) is 27.4. The van der Waals surface area contributed by atoms with Crippen LogP contribution in [-0.2, 0) is 9.63 Å². The summed E-state index contributed by atoms with van der Waals surface area (Å²) in [4.78, 5) is 29.8. The van der Waals surface area contributed by atoms with E-state index in [-0.39, 0.29) is 30.1 Å². The highest BCUT2D eigenvalue weighted by molar-refractivity contribution is 6.30. The van der Waals surface area contributed by atoms with Gasteiger partial charge in [-0.2, -0.15) is 5.01 Å². The number of carboxylic acid groups (broad SMARTS) is 1. The summed E-state index contributed by atoms with van der Waals surface area (Å²) in [7, 11) is 0. The second kappa shape index (κ2) is 12.3. The number of rotatable bonds is 10. The van der Waals surface area contributed by atoms with Crippen molar-refractivity contribution in [3.05, 3.63) is 77.0 Å². The molecular weight excluding hydrogens is 508 g/mol. The van der Waals surface area contributed by atoms with E-state index < -0.39 is 6.09 Å². The van der Waals surface area contributed by atoms with E-state index in [2.05, 4.69) is 35.8 Å². The van der Waals surface area contributed by atoms with Gasteiger partial charge in [-0.25, -0.2) is 14.3 Å². The number of halogens is 1. The van der Waals surface area contributed by atoms with Gasteiger partial charge in [-0.3, -0.25) is 9.63 Å². The molecule has 1 unspecified atom stereocenters. The first-order valence-electron chi connectivity index (χ1n) is 12.7. The fourth-order valence-electron chi connectivity index (χ4n) is 4.50. The summed E-state index contributed by atoms with van der Waals surface area (Å²) in [5, 5.41) is 23.0. The van der Waals surface area contributed by atoms with Crippen molar-refractivity contribution in [2.45, 2.75) is 26.7 Å². The van der Waals surface area contributed by atoms with E-state index in [9.17, 15) is 9.59 Å². The van der Waals surface area contributed by atoms with E-state index >= 15 is 0 Å². The minimum Gasteiger partial charge on any atom is -0.465 e. The van der Waals surface area contributed by atoms with Crippen LogP contribution in [0.1, 0.15) is 32.3 Å². The van der Waals surface area contributed by atoms with E-state index in [1.165, 1.54) is 0 Å². The number of carbonyl (C=O) groups excluding carboxylic acids is 1. The fraction of sp³-hybridized carbons (Fsp3) is 0.370. The SMILES string of the molecule is CCNC(=O)C[N+]12C=NN(C3=CC[C@H](C)C=C3)C1=CN(OCCCNC(=O)O)C=C(c1ccc(Cl)cc1)C2. The quantitative estimate of drug-likeness (QED) is 0.304. The number of nitrogens with zero attached hydrogens (tertiary/aromatic N) is 4. The molecule has 0 saturated heterocycles. The van der Waals surface area contributed by atoms with Crippen molar-refractivity contribution in [1.29, 1.82) is 0 Å². The maximum Gasteiger partial charge on any atom is 0.404 e. The third-order valence-corrected chi connectivity index (χ3v) is 6.68. The van der Waals surface area contributed by atoms with E-state index in [0.717, 1.165) is 29.1 Å². The van der Waals surface area contributed by atoms with Gasteiger partial charge in [0.15, 0.2) is 6.54 Å². The summed E-state index contributed by atoms with van der Waals surface area (Å²) >= 11 is 6.16. The lowest BCUT2D eigenvalue weighted by atomic mass is 10.0. The van der Waals surface area contributed by atoms with Crippen LogP contribution < -0.4 is 10.6 Å². The van der Waals surface area contributed by atoms with Crippen molar-refractivity contribution < 1.29 is 24.0 Å². The molecule has 38 heavy (non-hydrogen) atoms. The molecule has 0 bridgehead atoms. The Labute approximate surface area is 227 Å². The second-order valence-electron chi connectivity index (χ2n) is 9.47. The number of hydroxylamine groups is 2. The van der Waals surface area contributed by atoms with Crippen LogP contribution >= 0.6 is 11.6 Å². The van der Waals surface area contributed by atoms with Gasteiger partial charge in [0.2, 0.25) is 6.34 Å². The molecule has 0 fully saturated rings. The smallest absolute Gasteiger partial charge is 0.404 e. The van der Waals surface area contributed by atoms with Crippen molar-refractivity contribution in [3.8, 4) is 0 Å². The van der Waals surface area contributed by atoms with Crippen LogP contribution in [-0.4, -0.2) is 70.8 Å². The molecule has 1 aliphatic carbocycles. The standard InChI is InChI=1S/C27H33ClN6O4/c1-3-29-25(35)18-34-17-22(21-7-9-23(28)10-8-21)15-32(38-14-4-13-30-27(36)37)16-26(34)33(31-19-34)24-11-5-20(2)6-12-24/h5,7-12,15-16,19-20,30H,3-4,6,13-14,17-18H2,1-2H3,(H-,29,35,36,37)/p+1/t20-,34?/m1/s1. The first-order valence-corrected chi connectivity index (χ1v) is 13.1. The Balaban J connectivity index is 1.70. The van der Waals surface area contributed by atoms with Crippen LogP contribution in [0.4, 0.5) is 4.79 Å². The zero-order valence-corrected chi connectivity index (χ0v) is 22.4. The number of likely N-dealkylation sites (N-methyl/N-ethyl adjacent to an activating group) is 1. The normalized spacial score (nSPS) is 22.3. The number of nitrogens with one attached hydrogen (secondary N) is 2. The predicted octanol–water partition coefficient (Wildman–Crippen LogP) is 4.08. The molecule has 0 spiro atoms. The number of fused-ring (bicyclic) bond motifs is 1. The molecule has 1 aromatic carbocycles. The number of hydrogen-bond acceptors (Lipinski definition) is 6. The highest BCUT2D eigenvalue weighted by atomic mass is 35.5. The zero-order chi connectivity index (χ0) is 27.1. The molecule has 0 aromatic heterocycles. The third-order valence-electron chi connectivity index (χ3n) is 6.43. The van der Waals surface area contributed by atoms with Crippen LogP contribution in [0.2, 0.25) is 5.02 Å². The Kier molecular flexibility index (Phi) is 8.88. The summed E-state index contributed by atoms with van der Waals surface area (Å²) in [6.45, 7) is 5.76. The van der Waals surface area contributed by atoms with Crippen molar-refractivity contribution in [1.82, 2.24) is 20.7 Å². The van der Waals surface area contributed by atoms with Crippen molar-refractivity contribution in [3.63, 3.8) is 0 Å². The van der Waals surface area contributed by atoms with Crippen LogP contribution in [0.25, 0.3) is 5.57 Å². The van der Waals surface area contributed by atoms with Crippen LogP contribution in [0.3, 0.4) is 0 Å². The molecule has 3 N–H and O–H groups in total. The predicted molar refractivity (Wildman–Crippen MR) is 146 cm³/mol. The minimum absolute atomic E-state index is 0.0851. The van der Waals surface area contributed by atoms with Gasteiger partial charge in [0.25, 0.3) is 11.7 Å². The molecule has 4 rings (SSSR count). The average Bonchev–Trinajstić information content (AvgIpc) is 3.12. The highest BCUT2D eigenvalue weighted by Gasteiger charge is 2.46. The lowest BCUT2D eigenvalue weighted by Gasteiger charge is -2.32. The van der Waals surface area contributed by atoms with Crippen molar-refractivity contribution in [2.24, 2.45) is 11.0 Å². The minimum atomic E-state index is -1.07. The number of quaternary nitrogens is 1. The second-order valence-corrected chi connectivity index (χ2v) is 9.91. The Morgan fingerprint density at radius 3 is 2.71 bits per heavy atom. The summed E-state index contributed by atoms with van der Waals surface area (Å²) in [6.07, 6.45) is 12.2. The van der Waals surface area contributed by atoms with Gasteiger partial charge in [0, 0.05) is 29.9 Å². The molecule has 1 aromatic rings. The van der Waals surface area contributed by atoms with Gasteiger partial charge in [-0.05, 0) is 49.5 Å². The van der Waals surface area contributed by atoms with E-state index in [0.29, 0.717) is 30.5 Å². The number of hydrogen-bond donors (Lipinski definition) is 3. The van der Waals surface area contributed by atoms with E-state index in [1.54, 1.807) is 5.06 Å². The number of hydrazone groups is 1. The molecule has 2 amide bonds. The zero-order valence-electron chi connectivity index (χ0n) is 21.6. The van der Waals surface area contributed by atoms with E-state index in [4.69, 9.17) is 26.6 Å². The molecule has 2 atom stereocenters. The average molecular weight is 542 g/mol. The van der Waals surface area contributed by atoms with Gasteiger partial charge in [0.1, 0.15) is 12.7 Å². The molecule has 3 aliphatic rings. The summed E-state index contributed by atoms with van der Waals surface area (Å²) < 4.78 is 0.168. The summed E-state index contributed by atoms with van der Waals surface area (Å²) in [5.41, 5.74) is 2.80. The summed E-state index contributed by atoms with van der Waals surface area (Å²) in [6, 6.07) is 7.54. The maximum atomic E-state index is 13.0. The van der Waals surface area contributed by atoms with Crippen LogP contribution in [0.15, 0.2) is 71.5 Å². The monoisotopic (exact) mass is 541 g/mol. The maximum absolute atomic E-state index is 13.0. The molecule has 2 heterocycles. The first-order chi connectivity index (χ1) is 18.3. The van der Waals surface area contributed by atoms with Crippen LogP contribution in [0.5, 0.6) is 0 Å². The Morgan fingerprint density at radius 1 is 1.24 bits per heavy atom. The number of allylic oxidation sites excluding steroid dienone is 3. The molecule has 2 aliphatic heterocycles. The van der Waals surface area contributed by atoms with Gasteiger partial charge < -0.3 is 15.7 Å². The number of carbonyl (C=O) groups is 2. The third kappa shape index (κ3) is 6.63. The van der Waals surface area contributed by atoms with Crippen molar-refractivity contribution in [2.75, 3.05) is 32.8 Å². The van der Waals surface area contributed by atoms with E-state index in [1.807, 2.05) is 54.9 Å². The Hall–Kier alpha value is -3.60. The molecule has 0 radical (unpaired) electrons. The lowest BCUT2D eigenvalue weighted by molar-refractivity contribution is -0.780. The van der Waals surface area contributed by atoms with Gasteiger partial charge in [0.05, 0.1) is 12.3 Å². The fourth-order valence-corrected chi connectivity index (χ4v) is 4.63. The number of amides is 2. The highest BCUT2D eigenvalue weighted by Crippen LogP contribution is 2.37. The summed E-state index contributed by atoms with van der Waals surface area (Å²) in [5.74, 6) is 1.13. The van der Waals surface area contributed by atoms with Crippen molar-refractivity contribution >= 4 is 35.5 Å². The van der Waals surface area contributed by atoms with Gasteiger partial charge in [-0.15, -0.1) is 5.10 Å². The topological polar surface area (TPSA) is 107 Å². The molecule has 11 heteroatoms. The Bertz CT molecular complexity index is 1190. The molecular formula is C27H34ClN6O4+. The molecule has 10 nitrogen and oxygen atoms in total. The Morgan fingerprint density at radius 2 is 2.03 bits per heavy atom. The lowest BCUT2D eigenvalue weighted by Crippen LogP contribution is -2.52. The number of benzene rings is 1. The van der Waals surface area contributed by atoms with Gasteiger partial charge >= 0.3 is 6.09 Å². The van der Waals surface area contributed by atoms with Crippen LogP contribution in [0, 0.1) is 5.92 Å². The van der Waals surface area contributed by atoms with Gasteiger partial charge in [-0.1, -0.05) is 42.8 Å². The molecule has 202 valence electrons. The molecule has 0 saturated carbocycles.